The Hall–Kier alpha value is -1.86. The summed E-state index contributed by atoms with van der Waals surface area (Å²) < 4.78 is 1.94. The Morgan fingerprint density at radius 1 is 1.42 bits per heavy atom. The Morgan fingerprint density at radius 3 is 3.00 bits per heavy atom. The number of hydrazine groups is 1. The second-order valence-corrected chi connectivity index (χ2v) is 5.03. The molecule has 1 aliphatic rings. The summed E-state index contributed by atoms with van der Waals surface area (Å²) in [5.41, 5.74) is 3.48. The first-order valence-electron chi connectivity index (χ1n) is 6.44. The fourth-order valence-electron chi connectivity index (χ4n) is 2.44. The topological polar surface area (TPSA) is 74.7 Å². The number of nitrogens with one attached hydrogen (secondary N) is 1. The molecule has 7 nitrogen and oxygen atoms in total. The van der Waals surface area contributed by atoms with Crippen molar-refractivity contribution in [3.63, 3.8) is 0 Å². The number of fused-ring (bicyclic) bond motifs is 1. The van der Waals surface area contributed by atoms with Gasteiger partial charge in [-0.3, -0.25) is 0 Å². The highest BCUT2D eigenvalue weighted by Gasteiger charge is 2.24. The molecular formula is C12H19N7. The van der Waals surface area contributed by atoms with Gasteiger partial charge in [-0.1, -0.05) is 0 Å². The summed E-state index contributed by atoms with van der Waals surface area (Å²) >= 11 is 0. The molecule has 2 aromatic rings. The van der Waals surface area contributed by atoms with Gasteiger partial charge in [-0.25, -0.2) is 15.8 Å². The van der Waals surface area contributed by atoms with Crippen molar-refractivity contribution in [2.75, 3.05) is 37.0 Å². The van der Waals surface area contributed by atoms with E-state index in [1.165, 1.54) is 0 Å². The van der Waals surface area contributed by atoms with Crippen molar-refractivity contribution in [3.05, 3.63) is 18.6 Å². The Balaban J connectivity index is 2.01. The molecule has 2 aromatic heterocycles. The number of nitrogen functional groups attached to an aromatic ring is 1. The SMILES string of the molecule is CC1CN(c2nc(NN)cn3ccnc23)CCN1C. The van der Waals surface area contributed by atoms with Gasteiger partial charge in [0.05, 0.1) is 6.20 Å². The first-order valence-corrected chi connectivity index (χ1v) is 6.44. The van der Waals surface area contributed by atoms with E-state index in [4.69, 9.17) is 5.84 Å². The van der Waals surface area contributed by atoms with Crippen molar-refractivity contribution in [1.82, 2.24) is 19.3 Å². The largest absolute Gasteiger partial charge is 0.351 e. The Morgan fingerprint density at radius 2 is 2.26 bits per heavy atom. The predicted octanol–water partition coefficient (Wildman–Crippen LogP) is 0.155. The van der Waals surface area contributed by atoms with E-state index >= 15 is 0 Å². The van der Waals surface area contributed by atoms with Gasteiger partial charge >= 0.3 is 0 Å². The van der Waals surface area contributed by atoms with E-state index in [1.807, 2.05) is 16.8 Å². The first-order chi connectivity index (χ1) is 9.19. The molecule has 1 fully saturated rings. The maximum atomic E-state index is 5.48. The predicted molar refractivity (Wildman–Crippen MR) is 75.1 cm³/mol. The lowest BCUT2D eigenvalue weighted by Gasteiger charge is -2.38. The van der Waals surface area contributed by atoms with E-state index in [0.29, 0.717) is 11.9 Å². The van der Waals surface area contributed by atoms with Gasteiger partial charge in [-0.2, -0.15) is 0 Å². The van der Waals surface area contributed by atoms with Crippen LogP contribution >= 0.6 is 0 Å². The molecule has 7 heteroatoms. The number of hydrogen-bond acceptors (Lipinski definition) is 6. The minimum absolute atomic E-state index is 0.500. The number of hydrogen-bond donors (Lipinski definition) is 2. The lowest BCUT2D eigenvalue weighted by Crippen LogP contribution is -2.50. The molecule has 0 amide bonds. The van der Waals surface area contributed by atoms with Crippen molar-refractivity contribution >= 4 is 17.3 Å². The van der Waals surface area contributed by atoms with Crippen molar-refractivity contribution in [2.45, 2.75) is 13.0 Å². The zero-order valence-corrected chi connectivity index (χ0v) is 11.2. The highest BCUT2D eigenvalue weighted by molar-refractivity contribution is 5.67. The number of imidazole rings is 1. The number of rotatable bonds is 2. The summed E-state index contributed by atoms with van der Waals surface area (Å²) in [6.07, 6.45) is 5.52. The molecule has 3 N–H and O–H groups in total. The van der Waals surface area contributed by atoms with Gasteiger partial charge < -0.3 is 19.6 Å². The van der Waals surface area contributed by atoms with E-state index in [2.05, 4.69) is 39.2 Å². The number of aromatic nitrogens is 3. The second-order valence-electron chi connectivity index (χ2n) is 5.03. The van der Waals surface area contributed by atoms with Gasteiger partial charge in [-0.05, 0) is 14.0 Å². The average Bonchev–Trinajstić information content (AvgIpc) is 2.89. The van der Waals surface area contributed by atoms with Crippen LogP contribution in [-0.4, -0.2) is 52.0 Å². The van der Waals surface area contributed by atoms with E-state index in [-0.39, 0.29) is 0 Å². The molecule has 1 aliphatic heterocycles. The molecule has 0 spiro atoms. The minimum Gasteiger partial charge on any atom is -0.351 e. The normalized spacial score (nSPS) is 21.0. The molecule has 0 aliphatic carbocycles. The quantitative estimate of drug-likeness (QED) is 0.592. The van der Waals surface area contributed by atoms with Crippen LogP contribution in [0.5, 0.6) is 0 Å². The standard InChI is InChI=1S/C12H19N7/c1-9-7-19(6-5-17(9)2)12-11-14-3-4-18(11)8-10(15-12)16-13/h3-4,8-9,16H,5-7,13H2,1-2H3. The smallest absolute Gasteiger partial charge is 0.180 e. The summed E-state index contributed by atoms with van der Waals surface area (Å²) in [7, 11) is 2.15. The van der Waals surface area contributed by atoms with Crippen LogP contribution in [0.15, 0.2) is 18.6 Å². The van der Waals surface area contributed by atoms with Gasteiger partial charge in [0, 0.05) is 38.1 Å². The van der Waals surface area contributed by atoms with Crippen LogP contribution in [-0.2, 0) is 0 Å². The summed E-state index contributed by atoms with van der Waals surface area (Å²) in [5.74, 6) is 7.02. The lowest BCUT2D eigenvalue weighted by atomic mass is 10.2. The second kappa shape index (κ2) is 4.67. The van der Waals surface area contributed by atoms with Gasteiger partial charge in [-0.15, -0.1) is 0 Å². The molecule has 102 valence electrons. The van der Waals surface area contributed by atoms with Crippen LogP contribution in [0.1, 0.15) is 6.92 Å². The molecule has 0 radical (unpaired) electrons. The van der Waals surface area contributed by atoms with Gasteiger partial charge in [0.15, 0.2) is 17.3 Å². The lowest BCUT2D eigenvalue weighted by molar-refractivity contribution is 0.233. The van der Waals surface area contributed by atoms with E-state index in [1.54, 1.807) is 6.20 Å². The van der Waals surface area contributed by atoms with Gasteiger partial charge in [0.2, 0.25) is 0 Å². The molecule has 0 bridgehead atoms. The Kier molecular flexibility index (Phi) is 3.00. The summed E-state index contributed by atoms with van der Waals surface area (Å²) in [4.78, 5) is 13.6. The third-order valence-corrected chi connectivity index (χ3v) is 3.76. The maximum Gasteiger partial charge on any atom is 0.180 e. The summed E-state index contributed by atoms with van der Waals surface area (Å²) in [6, 6.07) is 0.500. The van der Waals surface area contributed by atoms with Crippen LogP contribution in [0.4, 0.5) is 11.6 Å². The Labute approximate surface area is 112 Å². The minimum atomic E-state index is 0.500. The number of likely N-dealkylation sites (N-methyl/N-ethyl adjacent to an activating group) is 1. The zero-order valence-electron chi connectivity index (χ0n) is 11.2. The zero-order chi connectivity index (χ0) is 13.4. The molecule has 1 saturated heterocycles. The van der Waals surface area contributed by atoms with E-state index < -0.39 is 0 Å². The summed E-state index contributed by atoms with van der Waals surface area (Å²) in [5, 5.41) is 0. The van der Waals surface area contributed by atoms with Gasteiger partial charge in [0.1, 0.15) is 0 Å². The highest BCUT2D eigenvalue weighted by Crippen LogP contribution is 2.22. The molecule has 3 rings (SSSR count). The molecular weight excluding hydrogens is 242 g/mol. The molecule has 0 saturated carbocycles. The van der Waals surface area contributed by atoms with Crippen LogP contribution in [0.2, 0.25) is 0 Å². The molecule has 0 aromatic carbocycles. The van der Waals surface area contributed by atoms with Crippen molar-refractivity contribution < 1.29 is 0 Å². The highest BCUT2D eigenvalue weighted by atomic mass is 15.3. The number of anilines is 2. The Bertz CT molecular complexity index is 578. The fourth-order valence-corrected chi connectivity index (χ4v) is 2.44. The van der Waals surface area contributed by atoms with Crippen LogP contribution < -0.4 is 16.2 Å². The number of nitrogens with two attached hydrogens (primary N) is 1. The van der Waals surface area contributed by atoms with Crippen molar-refractivity contribution in [1.29, 1.82) is 0 Å². The third kappa shape index (κ3) is 2.11. The van der Waals surface area contributed by atoms with Crippen LogP contribution in [0.25, 0.3) is 5.65 Å². The number of piperazine rings is 1. The number of nitrogens with zero attached hydrogens (tertiary/aromatic N) is 5. The molecule has 1 unspecified atom stereocenters. The van der Waals surface area contributed by atoms with E-state index in [9.17, 15) is 0 Å². The monoisotopic (exact) mass is 261 g/mol. The van der Waals surface area contributed by atoms with Crippen molar-refractivity contribution in [2.24, 2.45) is 5.84 Å². The molecule has 19 heavy (non-hydrogen) atoms. The summed E-state index contributed by atoms with van der Waals surface area (Å²) in [6.45, 7) is 5.14. The fraction of sp³-hybridized carbons (Fsp3) is 0.500. The third-order valence-electron chi connectivity index (χ3n) is 3.76. The van der Waals surface area contributed by atoms with Crippen molar-refractivity contribution in [3.8, 4) is 0 Å². The van der Waals surface area contributed by atoms with Crippen LogP contribution in [0.3, 0.4) is 0 Å². The van der Waals surface area contributed by atoms with Crippen LogP contribution in [0, 0.1) is 0 Å². The molecule has 1 atom stereocenters. The first kappa shape index (κ1) is 12.2. The average molecular weight is 261 g/mol. The van der Waals surface area contributed by atoms with E-state index in [0.717, 1.165) is 31.1 Å². The maximum absolute atomic E-state index is 5.48. The molecule has 3 heterocycles. The van der Waals surface area contributed by atoms with Gasteiger partial charge in [0.25, 0.3) is 0 Å².